The average Bonchev–Trinajstić information content (AvgIpc) is 2.63. The number of hydrogen-bond donors (Lipinski definition) is 2. The van der Waals surface area contributed by atoms with Gasteiger partial charge in [0.25, 0.3) is 0 Å². The first-order valence-corrected chi connectivity index (χ1v) is 8.63. The maximum atomic E-state index is 11.1. The molecule has 2 fully saturated rings. The lowest BCUT2D eigenvalue weighted by Gasteiger charge is -2.41. The Bertz CT molecular complexity index is 268. The van der Waals surface area contributed by atoms with E-state index in [9.17, 15) is 5.11 Å². The molecule has 0 aromatic heterocycles. The number of nitrogens with one attached hydrogen (secondary N) is 1. The van der Waals surface area contributed by atoms with Crippen LogP contribution in [0.15, 0.2) is 0 Å². The van der Waals surface area contributed by atoms with Crippen LogP contribution in [0.25, 0.3) is 0 Å². The predicted octanol–water partition coefficient (Wildman–Crippen LogP) is 3.88. The molecule has 1 saturated carbocycles. The molecule has 0 radical (unpaired) electrons. The lowest BCUT2D eigenvalue weighted by Crippen LogP contribution is -2.54. The second-order valence-corrected chi connectivity index (χ2v) is 6.99. The van der Waals surface area contributed by atoms with E-state index in [1.807, 2.05) is 0 Å². The topological polar surface area (TPSA) is 32.3 Å². The second kappa shape index (κ2) is 7.08. The van der Waals surface area contributed by atoms with E-state index in [0.29, 0.717) is 6.04 Å². The van der Waals surface area contributed by atoms with E-state index in [-0.39, 0.29) is 0 Å². The lowest BCUT2D eigenvalue weighted by molar-refractivity contribution is -0.0283. The van der Waals surface area contributed by atoms with E-state index >= 15 is 0 Å². The quantitative estimate of drug-likeness (QED) is 0.758. The summed E-state index contributed by atoms with van der Waals surface area (Å²) in [5, 5.41) is 14.7. The van der Waals surface area contributed by atoms with Crippen molar-refractivity contribution < 1.29 is 5.11 Å². The van der Waals surface area contributed by atoms with E-state index in [1.54, 1.807) is 0 Å². The molecule has 1 heterocycles. The Hall–Kier alpha value is -0.0800. The zero-order chi connectivity index (χ0) is 13.7. The average molecular weight is 267 g/mol. The molecule has 4 atom stereocenters. The van der Waals surface area contributed by atoms with Crippen LogP contribution in [0.3, 0.4) is 0 Å². The van der Waals surface area contributed by atoms with Gasteiger partial charge in [-0.25, -0.2) is 0 Å². The fourth-order valence-electron chi connectivity index (χ4n) is 4.24. The normalized spacial score (nSPS) is 40.9. The van der Waals surface area contributed by atoms with Crippen LogP contribution in [-0.2, 0) is 0 Å². The minimum Gasteiger partial charge on any atom is -0.388 e. The molecule has 4 unspecified atom stereocenters. The highest BCUT2D eigenvalue weighted by atomic mass is 16.3. The summed E-state index contributed by atoms with van der Waals surface area (Å²) in [4.78, 5) is 0. The first kappa shape index (κ1) is 15.3. The first-order chi connectivity index (χ1) is 9.18. The van der Waals surface area contributed by atoms with Crippen molar-refractivity contribution in [3.8, 4) is 0 Å². The molecule has 2 N–H and O–H groups in total. The number of aliphatic hydroxyl groups is 1. The molecule has 1 aliphatic carbocycles. The molecule has 0 bridgehead atoms. The van der Waals surface area contributed by atoms with Gasteiger partial charge in [-0.15, -0.1) is 0 Å². The first-order valence-electron chi connectivity index (χ1n) is 8.63. The van der Waals surface area contributed by atoms with Gasteiger partial charge in [-0.05, 0) is 50.5 Å². The van der Waals surface area contributed by atoms with Crippen LogP contribution in [0, 0.1) is 11.8 Å². The summed E-state index contributed by atoms with van der Waals surface area (Å²) in [6.07, 6.45) is 12.2. The summed E-state index contributed by atoms with van der Waals surface area (Å²) < 4.78 is 0. The van der Waals surface area contributed by atoms with Crippen molar-refractivity contribution in [1.82, 2.24) is 5.32 Å². The highest BCUT2D eigenvalue weighted by molar-refractivity contribution is 4.96. The van der Waals surface area contributed by atoms with Gasteiger partial charge in [0.2, 0.25) is 0 Å². The van der Waals surface area contributed by atoms with Gasteiger partial charge in [-0.2, -0.15) is 0 Å². The van der Waals surface area contributed by atoms with Crippen LogP contribution < -0.4 is 5.32 Å². The molecule has 1 aliphatic heterocycles. The van der Waals surface area contributed by atoms with Gasteiger partial charge < -0.3 is 10.4 Å². The molecule has 2 aliphatic rings. The standard InChI is InChI=1S/C17H33NO/c1-3-6-15-7-5-10-17(19,11-8-15)16-13-14(4-2)9-12-18-16/h14-16,18-19H,3-13H2,1-2H3. The van der Waals surface area contributed by atoms with Crippen LogP contribution in [0.1, 0.15) is 78.1 Å². The maximum Gasteiger partial charge on any atom is 0.0800 e. The summed E-state index contributed by atoms with van der Waals surface area (Å²) in [7, 11) is 0. The maximum absolute atomic E-state index is 11.1. The molecular weight excluding hydrogens is 234 g/mol. The predicted molar refractivity (Wildman–Crippen MR) is 81.2 cm³/mol. The molecule has 19 heavy (non-hydrogen) atoms. The molecule has 1 saturated heterocycles. The number of rotatable bonds is 4. The van der Waals surface area contributed by atoms with E-state index in [0.717, 1.165) is 31.2 Å². The Morgan fingerprint density at radius 3 is 2.68 bits per heavy atom. The van der Waals surface area contributed by atoms with Crippen molar-refractivity contribution in [3.05, 3.63) is 0 Å². The van der Waals surface area contributed by atoms with Crippen LogP contribution in [0.5, 0.6) is 0 Å². The van der Waals surface area contributed by atoms with Crippen molar-refractivity contribution in [2.75, 3.05) is 6.54 Å². The van der Waals surface area contributed by atoms with E-state index < -0.39 is 5.60 Å². The molecule has 0 spiro atoms. The van der Waals surface area contributed by atoms with Crippen LogP contribution in [0.2, 0.25) is 0 Å². The minimum absolute atomic E-state index is 0.353. The highest BCUT2D eigenvalue weighted by Crippen LogP contribution is 2.37. The fraction of sp³-hybridized carbons (Fsp3) is 1.00. The largest absolute Gasteiger partial charge is 0.388 e. The molecule has 2 nitrogen and oxygen atoms in total. The van der Waals surface area contributed by atoms with Gasteiger partial charge in [-0.1, -0.05) is 46.0 Å². The molecular formula is C17H33NO. The molecule has 2 heteroatoms. The summed E-state index contributed by atoms with van der Waals surface area (Å²) >= 11 is 0. The Balaban J connectivity index is 1.93. The third-order valence-corrected chi connectivity index (χ3v) is 5.64. The summed E-state index contributed by atoms with van der Waals surface area (Å²) in [6.45, 7) is 5.68. The molecule has 0 amide bonds. The molecule has 0 aromatic carbocycles. The summed E-state index contributed by atoms with van der Waals surface area (Å²) in [5.74, 6) is 1.69. The Morgan fingerprint density at radius 1 is 1.11 bits per heavy atom. The summed E-state index contributed by atoms with van der Waals surface area (Å²) in [6, 6.07) is 0.353. The molecule has 2 rings (SSSR count). The lowest BCUT2D eigenvalue weighted by atomic mass is 9.78. The van der Waals surface area contributed by atoms with E-state index in [4.69, 9.17) is 0 Å². The monoisotopic (exact) mass is 267 g/mol. The van der Waals surface area contributed by atoms with Crippen molar-refractivity contribution >= 4 is 0 Å². The van der Waals surface area contributed by atoms with Crippen LogP contribution in [-0.4, -0.2) is 23.3 Å². The number of piperidine rings is 1. The SMILES string of the molecule is CCCC1CCCC(O)(C2CC(CC)CCN2)CC1. The fourth-order valence-corrected chi connectivity index (χ4v) is 4.24. The van der Waals surface area contributed by atoms with Crippen molar-refractivity contribution in [2.24, 2.45) is 11.8 Å². The highest BCUT2D eigenvalue weighted by Gasteiger charge is 2.40. The second-order valence-electron chi connectivity index (χ2n) is 6.99. The van der Waals surface area contributed by atoms with E-state index in [2.05, 4.69) is 19.2 Å². The molecule has 0 aromatic rings. The van der Waals surface area contributed by atoms with Gasteiger partial charge in [-0.3, -0.25) is 0 Å². The molecule has 112 valence electrons. The van der Waals surface area contributed by atoms with Gasteiger partial charge >= 0.3 is 0 Å². The van der Waals surface area contributed by atoms with Gasteiger partial charge in [0, 0.05) is 6.04 Å². The minimum atomic E-state index is -0.420. The van der Waals surface area contributed by atoms with Crippen LogP contribution in [0.4, 0.5) is 0 Å². The smallest absolute Gasteiger partial charge is 0.0800 e. The number of hydrogen-bond acceptors (Lipinski definition) is 2. The summed E-state index contributed by atoms with van der Waals surface area (Å²) in [5.41, 5.74) is -0.420. The third kappa shape index (κ3) is 3.95. The zero-order valence-corrected chi connectivity index (χ0v) is 13.0. The third-order valence-electron chi connectivity index (χ3n) is 5.64. The van der Waals surface area contributed by atoms with E-state index in [1.165, 1.54) is 51.4 Å². The van der Waals surface area contributed by atoms with Gasteiger partial charge in [0.05, 0.1) is 5.60 Å². The van der Waals surface area contributed by atoms with Crippen molar-refractivity contribution in [2.45, 2.75) is 89.7 Å². The van der Waals surface area contributed by atoms with Crippen molar-refractivity contribution in [1.29, 1.82) is 0 Å². The van der Waals surface area contributed by atoms with Gasteiger partial charge in [0.15, 0.2) is 0 Å². The van der Waals surface area contributed by atoms with Crippen molar-refractivity contribution in [3.63, 3.8) is 0 Å². The zero-order valence-electron chi connectivity index (χ0n) is 13.0. The van der Waals surface area contributed by atoms with Gasteiger partial charge in [0.1, 0.15) is 0 Å². The Morgan fingerprint density at radius 2 is 1.95 bits per heavy atom. The van der Waals surface area contributed by atoms with Crippen LogP contribution >= 0.6 is 0 Å². The Kier molecular flexibility index (Phi) is 5.70. The Labute approximate surface area is 119 Å².